The van der Waals surface area contributed by atoms with Crippen molar-refractivity contribution in [3.05, 3.63) is 30.1 Å². The molecule has 5 heteroatoms. The van der Waals surface area contributed by atoms with E-state index in [1.165, 1.54) is 18.5 Å². The van der Waals surface area contributed by atoms with Crippen LogP contribution in [0.2, 0.25) is 0 Å². The van der Waals surface area contributed by atoms with Crippen LogP contribution < -0.4 is 5.73 Å². The Hall–Kier alpha value is -1.46. The van der Waals surface area contributed by atoms with Gasteiger partial charge < -0.3 is 15.7 Å². The van der Waals surface area contributed by atoms with Gasteiger partial charge in [-0.25, -0.2) is 4.79 Å². The molecule has 0 atom stereocenters. The van der Waals surface area contributed by atoms with Crippen molar-refractivity contribution in [3.8, 4) is 0 Å². The molecule has 0 bridgehead atoms. The van der Waals surface area contributed by atoms with Crippen molar-refractivity contribution in [2.45, 2.75) is 28.7 Å². The minimum Gasteiger partial charge on any atom is -0.478 e. The van der Waals surface area contributed by atoms with E-state index in [9.17, 15) is 4.79 Å². The molecule has 112 valence electrons. The van der Waals surface area contributed by atoms with E-state index in [0.717, 1.165) is 26.2 Å². The Morgan fingerprint density at radius 2 is 1.95 bits per heavy atom. The molecule has 1 aromatic rings. The molecule has 0 aliphatic heterocycles. The molecule has 0 aliphatic rings. The summed E-state index contributed by atoms with van der Waals surface area (Å²) >= 11 is 0. The van der Waals surface area contributed by atoms with E-state index < -0.39 is 5.97 Å². The minimum atomic E-state index is -0.942. The van der Waals surface area contributed by atoms with Gasteiger partial charge in [-0.3, -0.25) is 4.98 Å². The Bertz CT molecular complexity index is 301. The summed E-state index contributed by atoms with van der Waals surface area (Å²) in [6.45, 7) is 8.36. The van der Waals surface area contributed by atoms with Gasteiger partial charge >= 0.3 is 5.97 Å². The summed E-state index contributed by atoms with van der Waals surface area (Å²) in [5.74, 6) is -0.942. The quantitative estimate of drug-likeness (QED) is 0.859. The van der Waals surface area contributed by atoms with E-state index in [1.54, 1.807) is 6.07 Å². The van der Waals surface area contributed by atoms with Crippen LogP contribution in [0.25, 0.3) is 0 Å². The second-order valence-corrected chi connectivity index (χ2v) is 3.36. The molecule has 5 nitrogen and oxygen atoms in total. The average molecular weight is 271 g/mol. The first-order valence-electron chi connectivity index (χ1n) is 5.71. The molecule has 1 aromatic heterocycles. The molecule has 3 N–H and O–H groups in total. The zero-order chi connectivity index (χ0) is 13.1. The first-order valence-corrected chi connectivity index (χ1v) is 5.71. The molecule has 1 heterocycles. The van der Waals surface area contributed by atoms with Gasteiger partial charge in [0.2, 0.25) is 0 Å². The van der Waals surface area contributed by atoms with Crippen LogP contribution in [0.15, 0.2) is 24.5 Å². The van der Waals surface area contributed by atoms with Gasteiger partial charge in [0.25, 0.3) is 0 Å². The SMILES string of the molecule is C.C.CCN(CC)CCN.O=C(O)c1cccnc1. The third-order valence-electron chi connectivity index (χ3n) is 2.25. The lowest BCUT2D eigenvalue weighted by molar-refractivity contribution is 0.0696. The molecular formula is C14H29N3O2. The highest BCUT2D eigenvalue weighted by Gasteiger charge is 1.97. The van der Waals surface area contributed by atoms with Gasteiger partial charge in [-0.1, -0.05) is 28.7 Å². The van der Waals surface area contributed by atoms with Gasteiger partial charge in [-0.15, -0.1) is 0 Å². The van der Waals surface area contributed by atoms with Crippen LogP contribution >= 0.6 is 0 Å². The maximum absolute atomic E-state index is 10.2. The number of carbonyl (C=O) groups is 1. The largest absolute Gasteiger partial charge is 0.478 e. The van der Waals surface area contributed by atoms with Crippen molar-refractivity contribution in [1.82, 2.24) is 9.88 Å². The molecule has 19 heavy (non-hydrogen) atoms. The van der Waals surface area contributed by atoms with Gasteiger partial charge in [0.05, 0.1) is 5.56 Å². The Morgan fingerprint density at radius 1 is 1.37 bits per heavy atom. The maximum Gasteiger partial charge on any atom is 0.337 e. The molecule has 0 aliphatic carbocycles. The first kappa shape index (κ1) is 22.7. The molecule has 0 amide bonds. The molecule has 1 rings (SSSR count). The third kappa shape index (κ3) is 11.4. The summed E-state index contributed by atoms with van der Waals surface area (Å²) in [6, 6.07) is 3.08. The van der Waals surface area contributed by atoms with E-state index in [4.69, 9.17) is 10.8 Å². The predicted octanol–water partition coefficient (Wildman–Crippen LogP) is 2.34. The number of nitrogens with zero attached hydrogens (tertiary/aromatic N) is 2. The molecule has 0 saturated carbocycles. The van der Waals surface area contributed by atoms with Crippen LogP contribution in [-0.4, -0.2) is 47.1 Å². The van der Waals surface area contributed by atoms with E-state index in [1.807, 2.05) is 0 Å². The molecule has 0 aromatic carbocycles. The van der Waals surface area contributed by atoms with E-state index in [-0.39, 0.29) is 20.4 Å². The number of likely N-dealkylation sites (N-methyl/N-ethyl adjacent to an activating group) is 1. The zero-order valence-electron chi connectivity index (χ0n) is 10.5. The first-order chi connectivity index (χ1) is 8.15. The van der Waals surface area contributed by atoms with Crippen molar-refractivity contribution in [2.75, 3.05) is 26.2 Å². The molecule has 0 unspecified atom stereocenters. The monoisotopic (exact) mass is 271 g/mol. The normalized spacial score (nSPS) is 8.63. The van der Waals surface area contributed by atoms with Crippen LogP contribution in [0.4, 0.5) is 0 Å². The van der Waals surface area contributed by atoms with Crippen molar-refractivity contribution in [2.24, 2.45) is 5.73 Å². The topological polar surface area (TPSA) is 79.5 Å². The number of aromatic carboxylic acids is 1. The number of nitrogens with two attached hydrogens (primary N) is 1. The standard InChI is InChI=1S/C6H16N2.C6H5NO2.2CH4/c1-3-8(4-2)6-5-7;8-6(9)5-2-1-3-7-4-5;;/h3-7H2,1-2H3;1-4H,(H,8,9);2*1H4. The second-order valence-electron chi connectivity index (χ2n) is 3.36. The van der Waals surface area contributed by atoms with Crippen LogP contribution in [0.3, 0.4) is 0 Å². The fourth-order valence-corrected chi connectivity index (χ4v) is 1.21. The Morgan fingerprint density at radius 3 is 2.16 bits per heavy atom. The van der Waals surface area contributed by atoms with Gasteiger partial charge in [-0.05, 0) is 25.2 Å². The number of carboxylic acids is 1. The highest BCUT2D eigenvalue weighted by molar-refractivity contribution is 5.86. The minimum absolute atomic E-state index is 0. The summed E-state index contributed by atoms with van der Waals surface area (Å²) < 4.78 is 0. The number of aromatic nitrogens is 1. The van der Waals surface area contributed by atoms with Crippen molar-refractivity contribution in [3.63, 3.8) is 0 Å². The number of hydrogen-bond acceptors (Lipinski definition) is 4. The summed E-state index contributed by atoms with van der Waals surface area (Å²) in [6.07, 6.45) is 2.84. The fraction of sp³-hybridized carbons (Fsp3) is 0.571. The fourth-order valence-electron chi connectivity index (χ4n) is 1.21. The van der Waals surface area contributed by atoms with Crippen LogP contribution in [-0.2, 0) is 0 Å². The van der Waals surface area contributed by atoms with Crippen molar-refractivity contribution >= 4 is 5.97 Å². The van der Waals surface area contributed by atoms with Gasteiger partial charge in [0.15, 0.2) is 0 Å². The Labute approximate surface area is 117 Å². The lowest BCUT2D eigenvalue weighted by Crippen LogP contribution is -2.28. The van der Waals surface area contributed by atoms with Crippen LogP contribution in [0.5, 0.6) is 0 Å². The van der Waals surface area contributed by atoms with Crippen molar-refractivity contribution in [1.29, 1.82) is 0 Å². The van der Waals surface area contributed by atoms with Gasteiger partial charge in [0.1, 0.15) is 0 Å². The summed E-state index contributed by atoms with van der Waals surface area (Å²) in [4.78, 5) is 16.1. The third-order valence-corrected chi connectivity index (χ3v) is 2.25. The lowest BCUT2D eigenvalue weighted by atomic mass is 10.3. The van der Waals surface area contributed by atoms with Gasteiger partial charge in [0, 0.05) is 25.5 Å². The average Bonchev–Trinajstić information content (AvgIpc) is 2.37. The summed E-state index contributed by atoms with van der Waals surface area (Å²) in [7, 11) is 0. The molecule has 0 saturated heterocycles. The Balaban J connectivity index is -0.000000246. The summed E-state index contributed by atoms with van der Waals surface area (Å²) in [5, 5.41) is 8.34. The zero-order valence-corrected chi connectivity index (χ0v) is 10.5. The Kier molecular flexibility index (Phi) is 17.4. The number of pyridine rings is 1. The maximum atomic E-state index is 10.2. The van der Waals surface area contributed by atoms with Gasteiger partial charge in [-0.2, -0.15) is 0 Å². The predicted molar refractivity (Wildman–Crippen MR) is 81.5 cm³/mol. The smallest absolute Gasteiger partial charge is 0.337 e. The number of carboxylic acid groups (broad SMARTS) is 1. The molecule has 0 fully saturated rings. The van der Waals surface area contributed by atoms with E-state index in [2.05, 4.69) is 23.7 Å². The second kappa shape index (κ2) is 14.6. The summed E-state index contributed by atoms with van der Waals surface area (Å²) in [5.41, 5.74) is 5.56. The lowest BCUT2D eigenvalue weighted by Gasteiger charge is -2.15. The highest BCUT2D eigenvalue weighted by atomic mass is 16.4. The van der Waals surface area contributed by atoms with E-state index in [0.29, 0.717) is 0 Å². The number of rotatable bonds is 5. The van der Waals surface area contributed by atoms with Crippen LogP contribution in [0, 0.1) is 0 Å². The number of hydrogen-bond donors (Lipinski definition) is 2. The molecule has 0 radical (unpaired) electrons. The van der Waals surface area contributed by atoms with Crippen LogP contribution in [0.1, 0.15) is 39.1 Å². The highest BCUT2D eigenvalue weighted by Crippen LogP contribution is 1.92. The molecular weight excluding hydrogens is 242 g/mol. The van der Waals surface area contributed by atoms with Crippen molar-refractivity contribution < 1.29 is 9.90 Å². The van der Waals surface area contributed by atoms with E-state index >= 15 is 0 Å². The molecule has 0 spiro atoms.